The first-order valence-electron chi connectivity index (χ1n) is 14.1. The Bertz CT molecular complexity index is 1950. The number of nitrogens with zero attached hydrogens (tertiary/aromatic N) is 1. The number of nitrogens with two attached hydrogens (primary N) is 1. The van der Waals surface area contributed by atoms with Crippen LogP contribution in [0.5, 0.6) is 0 Å². The fourth-order valence-electron chi connectivity index (χ4n) is 5.83. The maximum atomic E-state index is 8.64. The van der Waals surface area contributed by atoms with Gasteiger partial charge in [-0.15, -0.1) is 0 Å². The first kappa shape index (κ1) is 25.4. The molecule has 200 valence electrons. The molecular weight excluding hydrogens is 510 g/mol. The summed E-state index contributed by atoms with van der Waals surface area (Å²) in [5, 5.41) is 8.64. The fraction of sp³-hybridized carbons (Fsp3) is 0.0256. The average Bonchev–Trinajstić information content (AvgIpc) is 3.44. The van der Waals surface area contributed by atoms with Crippen LogP contribution in [0.15, 0.2) is 151 Å². The van der Waals surface area contributed by atoms with Crippen molar-refractivity contribution in [1.29, 1.82) is 5.41 Å². The molecule has 0 unspecified atom stereocenters. The zero-order valence-corrected chi connectivity index (χ0v) is 23.1. The molecule has 6 aromatic rings. The minimum absolute atomic E-state index is 0.142. The van der Waals surface area contributed by atoms with Gasteiger partial charge in [-0.1, -0.05) is 133 Å². The second-order valence-electron chi connectivity index (χ2n) is 10.6. The van der Waals surface area contributed by atoms with Gasteiger partial charge in [-0.3, -0.25) is 5.41 Å². The predicted molar refractivity (Wildman–Crippen MR) is 175 cm³/mol. The van der Waals surface area contributed by atoms with Gasteiger partial charge in [0, 0.05) is 11.1 Å². The summed E-state index contributed by atoms with van der Waals surface area (Å²) in [6.45, 7) is 0. The third kappa shape index (κ3) is 4.82. The monoisotopic (exact) mass is 539 g/mol. The first-order chi connectivity index (χ1) is 20.6. The van der Waals surface area contributed by atoms with Crippen molar-refractivity contribution in [3.8, 4) is 44.5 Å². The molecule has 0 aromatic heterocycles. The van der Waals surface area contributed by atoms with Crippen LogP contribution in [-0.4, -0.2) is 11.7 Å². The van der Waals surface area contributed by atoms with Crippen LogP contribution in [0.4, 0.5) is 0 Å². The third-order valence-corrected chi connectivity index (χ3v) is 8.02. The molecule has 0 heterocycles. The van der Waals surface area contributed by atoms with Gasteiger partial charge in [0.1, 0.15) is 5.84 Å². The maximum absolute atomic E-state index is 8.64. The van der Waals surface area contributed by atoms with Crippen LogP contribution < -0.4 is 5.73 Å². The molecule has 3 N–H and O–H groups in total. The summed E-state index contributed by atoms with van der Waals surface area (Å²) in [7, 11) is 0. The number of benzene rings is 6. The number of hydrogen-bond donors (Lipinski definition) is 2. The van der Waals surface area contributed by atoms with Crippen molar-refractivity contribution in [1.82, 2.24) is 0 Å². The number of nitrogens with one attached hydrogen (secondary N) is 1. The molecule has 7 rings (SSSR count). The second kappa shape index (κ2) is 10.8. The zero-order valence-electron chi connectivity index (χ0n) is 23.1. The highest BCUT2D eigenvalue weighted by Gasteiger charge is 2.22. The summed E-state index contributed by atoms with van der Waals surface area (Å²) < 4.78 is 0. The van der Waals surface area contributed by atoms with Crippen molar-refractivity contribution in [2.75, 3.05) is 0 Å². The van der Waals surface area contributed by atoms with Gasteiger partial charge in [-0.05, 0) is 74.2 Å². The molecule has 0 amide bonds. The SMILES string of the molecule is N=C(/N=C(\N)c1cccc(-c2ccccc2)c1)c1ccc(-c2cccc3c2Cc2ccc(-c4ccccc4)cc2-3)cc1. The molecule has 0 fully saturated rings. The van der Waals surface area contributed by atoms with Crippen LogP contribution >= 0.6 is 0 Å². The van der Waals surface area contributed by atoms with E-state index in [1.165, 1.54) is 38.9 Å². The van der Waals surface area contributed by atoms with Crippen molar-refractivity contribution in [3.05, 3.63) is 168 Å². The number of hydrogen-bond acceptors (Lipinski definition) is 1. The smallest absolute Gasteiger partial charge is 0.154 e. The summed E-state index contributed by atoms with van der Waals surface area (Å²) in [4.78, 5) is 4.45. The molecule has 0 radical (unpaired) electrons. The standard InChI is InChI=1S/C39H29N3/c40-38(42-39(41)33-14-7-13-30(23-33)26-9-3-1-4-10-26)29-19-17-28(18-20-29)34-15-8-16-35-36-24-31(27-11-5-2-6-12-27)21-22-32(36)25-37(34)35/h1-24H,25H2,(H3,40,41,42). The summed E-state index contributed by atoms with van der Waals surface area (Å²) in [6.07, 6.45) is 0.913. The molecule has 0 bridgehead atoms. The Morgan fingerprint density at radius 3 is 1.81 bits per heavy atom. The van der Waals surface area contributed by atoms with Crippen LogP contribution in [0.3, 0.4) is 0 Å². The summed E-state index contributed by atoms with van der Waals surface area (Å²) >= 11 is 0. The summed E-state index contributed by atoms with van der Waals surface area (Å²) in [5.74, 6) is 0.471. The predicted octanol–water partition coefficient (Wildman–Crippen LogP) is 8.99. The largest absolute Gasteiger partial charge is 0.383 e. The molecule has 0 atom stereocenters. The van der Waals surface area contributed by atoms with Crippen LogP contribution in [0.1, 0.15) is 22.3 Å². The number of amidine groups is 2. The lowest BCUT2D eigenvalue weighted by Crippen LogP contribution is -2.16. The van der Waals surface area contributed by atoms with E-state index in [9.17, 15) is 0 Å². The molecule has 0 spiro atoms. The van der Waals surface area contributed by atoms with Gasteiger partial charge in [0.05, 0.1) is 0 Å². The van der Waals surface area contributed by atoms with Gasteiger partial charge in [0.25, 0.3) is 0 Å². The Labute approximate surface area is 246 Å². The molecule has 3 heteroatoms. The molecule has 3 nitrogen and oxygen atoms in total. The molecule has 0 aliphatic heterocycles. The minimum atomic E-state index is 0.142. The van der Waals surface area contributed by atoms with E-state index in [4.69, 9.17) is 11.1 Å². The van der Waals surface area contributed by atoms with Crippen molar-refractivity contribution in [2.45, 2.75) is 6.42 Å². The van der Waals surface area contributed by atoms with Crippen molar-refractivity contribution in [2.24, 2.45) is 10.7 Å². The lowest BCUT2D eigenvalue weighted by atomic mass is 9.94. The van der Waals surface area contributed by atoms with Crippen LogP contribution in [-0.2, 0) is 6.42 Å². The van der Waals surface area contributed by atoms with Crippen molar-refractivity contribution in [3.63, 3.8) is 0 Å². The van der Waals surface area contributed by atoms with E-state index >= 15 is 0 Å². The van der Waals surface area contributed by atoms with Crippen molar-refractivity contribution >= 4 is 11.7 Å². The van der Waals surface area contributed by atoms with E-state index in [0.29, 0.717) is 5.84 Å². The van der Waals surface area contributed by atoms with Crippen molar-refractivity contribution < 1.29 is 0 Å². The van der Waals surface area contributed by atoms with E-state index in [2.05, 4.69) is 102 Å². The Hall–Kier alpha value is -5.54. The van der Waals surface area contributed by atoms with E-state index in [1.807, 2.05) is 48.5 Å². The second-order valence-corrected chi connectivity index (χ2v) is 10.6. The van der Waals surface area contributed by atoms with Gasteiger partial charge in [0.15, 0.2) is 5.84 Å². The summed E-state index contributed by atoms with van der Waals surface area (Å²) in [5.41, 5.74) is 20.2. The fourth-order valence-corrected chi connectivity index (χ4v) is 5.83. The van der Waals surface area contributed by atoms with Crippen LogP contribution in [0, 0.1) is 5.41 Å². The van der Waals surface area contributed by atoms with Gasteiger partial charge in [-0.25, -0.2) is 4.99 Å². The van der Waals surface area contributed by atoms with Gasteiger partial charge >= 0.3 is 0 Å². The van der Waals surface area contributed by atoms with Crippen LogP contribution in [0.2, 0.25) is 0 Å². The Morgan fingerprint density at radius 1 is 0.500 bits per heavy atom. The van der Waals surface area contributed by atoms with Gasteiger partial charge in [0.2, 0.25) is 0 Å². The molecule has 0 saturated heterocycles. The first-order valence-corrected chi connectivity index (χ1v) is 14.1. The highest BCUT2D eigenvalue weighted by molar-refractivity contribution is 6.10. The van der Waals surface area contributed by atoms with E-state index < -0.39 is 0 Å². The van der Waals surface area contributed by atoms with Crippen LogP contribution in [0.25, 0.3) is 44.5 Å². The lowest BCUT2D eigenvalue weighted by Gasteiger charge is -2.10. The minimum Gasteiger partial charge on any atom is -0.383 e. The Kier molecular flexibility index (Phi) is 6.54. The van der Waals surface area contributed by atoms with Gasteiger partial charge in [-0.2, -0.15) is 0 Å². The highest BCUT2D eigenvalue weighted by atomic mass is 14.9. The average molecular weight is 540 g/mol. The zero-order chi connectivity index (χ0) is 28.5. The quantitative estimate of drug-likeness (QED) is 0.166. The third-order valence-electron chi connectivity index (χ3n) is 8.02. The van der Waals surface area contributed by atoms with E-state index in [-0.39, 0.29) is 5.84 Å². The van der Waals surface area contributed by atoms with Gasteiger partial charge < -0.3 is 5.73 Å². The number of fused-ring (bicyclic) bond motifs is 3. The van der Waals surface area contributed by atoms with E-state index in [0.717, 1.165) is 34.2 Å². The highest BCUT2D eigenvalue weighted by Crippen LogP contribution is 2.43. The molecule has 42 heavy (non-hydrogen) atoms. The normalized spacial score (nSPS) is 12.0. The molecule has 1 aliphatic carbocycles. The molecule has 0 saturated carbocycles. The molecule has 1 aliphatic rings. The Morgan fingerprint density at radius 2 is 1.10 bits per heavy atom. The topological polar surface area (TPSA) is 62.2 Å². The maximum Gasteiger partial charge on any atom is 0.154 e. The molecular formula is C39H29N3. The lowest BCUT2D eigenvalue weighted by molar-refractivity contribution is 1.26. The number of rotatable bonds is 5. The van der Waals surface area contributed by atoms with E-state index in [1.54, 1.807) is 0 Å². The summed E-state index contributed by atoms with van der Waals surface area (Å²) in [6, 6.07) is 50.2. The number of aliphatic imine (C=N–C) groups is 1. The molecule has 6 aromatic carbocycles. The Balaban J connectivity index is 1.14.